The monoisotopic (exact) mass is 281 g/mol. The van der Waals surface area contributed by atoms with Crippen LogP contribution in [0.15, 0.2) is 0 Å². The number of rotatable bonds is 14. The molecule has 5 heteroatoms. The van der Waals surface area contributed by atoms with Crippen molar-refractivity contribution in [3.05, 3.63) is 0 Å². The average molecular weight is 281 g/mol. The van der Waals surface area contributed by atoms with E-state index < -0.39 is 0 Å². The molecular formula is C15H31N5. The Hall–Kier alpha value is -1.13. The lowest BCUT2D eigenvalue weighted by Crippen LogP contribution is -2.02. The summed E-state index contributed by atoms with van der Waals surface area (Å²) in [6.07, 6.45) is 16.6. The molecule has 0 bridgehead atoms. The number of H-pyrrole nitrogens is 1. The molecule has 0 aliphatic carbocycles. The maximum absolute atomic E-state index is 3.85. The molecule has 0 spiro atoms. The van der Waals surface area contributed by atoms with E-state index in [2.05, 4.69) is 32.9 Å². The van der Waals surface area contributed by atoms with Gasteiger partial charge in [0.1, 0.15) is 0 Å². The molecule has 0 atom stereocenters. The highest BCUT2D eigenvalue weighted by Crippen LogP contribution is 2.11. The zero-order chi connectivity index (χ0) is 14.3. The molecule has 0 fully saturated rings. The van der Waals surface area contributed by atoms with Gasteiger partial charge < -0.3 is 5.32 Å². The number of aromatic amines is 1. The predicted molar refractivity (Wildman–Crippen MR) is 83.7 cm³/mol. The summed E-state index contributed by atoms with van der Waals surface area (Å²) in [6, 6.07) is 0. The number of nitrogens with one attached hydrogen (secondary N) is 2. The van der Waals surface area contributed by atoms with Crippen LogP contribution in [-0.2, 0) is 0 Å². The molecule has 5 nitrogen and oxygen atoms in total. The van der Waals surface area contributed by atoms with Gasteiger partial charge in [-0.05, 0) is 11.6 Å². The Morgan fingerprint density at radius 3 is 1.85 bits per heavy atom. The van der Waals surface area contributed by atoms with E-state index in [0.717, 1.165) is 6.54 Å². The molecule has 1 aromatic rings. The Balaban J connectivity index is 1.70. The number of hydrogen-bond donors (Lipinski definition) is 2. The van der Waals surface area contributed by atoms with Gasteiger partial charge in [-0.15, -0.1) is 5.10 Å². The minimum atomic E-state index is 0.605. The maximum atomic E-state index is 3.85. The summed E-state index contributed by atoms with van der Waals surface area (Å²) in [5.74, 6) is 0.605. The van der Waals surface area contributed by atoms with E-state index in [1.165, 1.54) is 77.0 Å². The number of nitrogens with zero attached hydrogens (tertiary/aromatic N) is 3. The Morgan fingerprint density at radius 1 is 0.800 bits per heavy atom. The van der Waals surface area contributed by atoms with Gasteiger partial charge in [-0.3, -0.25) is 0 Å². The van der Waals surface area contributed by atoms with Gasteiger partial charge >= 0.3 is 0 Å². The van der Waals surface area contributed by atoms with E-state index in [4.69, 9.17) is 0 Å². The molecule has 0 aliphatic rings. The lowest BCUT2D eigenvalue weighted by molar-refractivity contribution is 0.546. The number of unbranched alkanes of at least 4 members (excludes halogenated alkanes) is 11. The van der Waals surface area contributed by atoms with Crippen molar-refractivity contribution in [1.29, 1.82) is 0 Å². The van der Waals surface area contributed by atoms with Crippen molar-refractivity contribution in [2.75, 3.05) is 11.9 Å². The van der Waals surface area contributed by atoms with Gasteiger partial charge in [-0.2, -0.15) is 5.21 Å². The van der Waals surface area contributed by atoms with Crippen molar-refractivity contribution in [2.45, 2.75) is 84.0 Å². The topological polar surface area (TPSA) is 66.5 Å². The number of anilines is 1. The molecule has 0 saturated carbocycles. The molecular weight excluding hydrogens is 250 g/mol. The fraction of sp³-hybridized carbons (Fsp3) is 0.933. The molecule has 116 valence electrons. The van der Waals surface area contributed by atoms with Crippen molar-refractivity contribution < 1.29 is 0 Å². The minimum Gasteiger partial charge on any atom is -0.352 e. The summed E-state index contributed by atoms with van der Waals surface area (Å²) in [4.78, 5) is 0. The van der Waals surface area contributed by atoms with Crippen molar-refractivity contribution in [3.8, 4) is 0 Å². The molecule has 0 unspecified atom stereocenters. The van der Waals surface area contributed by atoms with E-state index in [0.29, 0.717) is 5.95 Å². The zero-order valence-corrected chi connectivity index (χ0v) is 13.0. The minimum absolute atomic E-state index is 0.605. The van der Waals surface area contributed by atoms with Crippen molar-refractivity contribution >= 4 is 5.95 Å². The normalized spacial score (nSPS) is 10.8. The Kier molecular flexibility index (Phi) is 10.9. The van der Waals surface area contributed by atoms with Crippen molar-refractivity contribution in [1.82, 2.24) is 20.6 Å². The lowest BCUT2D eigenvalue weighted by Gasteiger charge is -2.03. The molecule has 0 radical (unpaired) electrons. The van der Waals surface area contributed by atoms with Crippen LogP contribution in [0.5, 0.6) is 0 Å². The number of aromatic nitrogens is 4. The Bertz CT molecular complexity index is 286. The van der Waals surface area contributed by atoms with E-state index >= 15 is 0 Å². The third kappa shape index (κ3) is 9.75. The van der Waals surface area contributed by atoms with Crippen LogP contribution in [-0.4, -0.2) is 27.2 Å². The summed E-state index contributed by atoms with van der Waals surface area (Å²) in [5.41, 5.74) is 0. The summed E-state index contributed by atoms with van der Waals surface area (Å²) in [5, 5.41) is 16.8. The van der Waals surface area contributed by atoms with Crippen LogP contribution in [0.3, 0.4) is 0 Å². The first-order valence-electron chi connectivity index (χ1n) is 8.41. The van der Waals surface area contributed by atoms with Gasteiger partial charge in [-0.25, -0.2) is 0 Å². The number of tetrazole rings is 1. The molecule has 1 heterocycles. The third-order valence-electron chi connectivity index (χ3n) is 3.66. The van der Waals surface area contributed by atoms with Crippen molar-refractivity contribution in [2.24, 2.45) is 0 Å². The average Bonchev–Trinajstić information content (AvgIpc) is 2.97. The first-order valence-corrected chi connectivity index (χ1v) is 8.41. The Labute approximate surface area is 123 Å². The largest absolute Gasteiger partial charge is 0.352 e. The van der Waals surface area contributed by atoms with E-state index in [-0.39, 0.29) is 0 Å². The molecule has 0 amide bonds. The summed E-state index contributed by atoms with van der Waals surface area (Å²) >= 11 is 0. The highest BCUT2D eigenvalue weighted by atomic mass is 15.5. The second-order valence-corrected chi connectivity index (χ2v) is 5.55. The molecule has 20 heavy (non-hydrogen) atoms. The van der Waals surface area contributed by atoms with Crippen LogP contribution in [0.25, 0.3) is 0 Å². The summed E-state index contributed by atoms with van der Waals surface area (Å²) in [6.45, 7) is 3.22. The molecule has 1 rings (SSSR count). The first kappa shape index (κ1) is 16.9. The van der Waals surface area contributed by atoms with Crippen LogP contribution in [0.1, 0.15) is 84.0 Å². The smallest absolute Gasteiger partial charge is 0.263 e. The van der Waals surface area contributed by atoms with Crippen LogP contribution >= 0.6 is 0 Å². The zero-order valence-electron chi connectivity index (χ0n) is 13.0. The molecule has 2 N–H and O–H groups in total. The second-order valence-electron chi connectivity index (χ2n) is 5.55. The van der Waals surface area contributed by atoms with E-state index in [1.807, 2.05) is 0 Å². The van der Waals surface area contributed by atoms with Crippen LogP contribution in [0.2, 0.25) is 0 Å². The number of hydrogen-bond acceptors (Lipinski definition) is 4. The van der Waals surface area contributed by atoms with Gasteiger partial charge in [0.25, 0.3) is 5.95 Å². The molecule has 0 saturated heterocycles. The SMILES string of the molecule is CCCCCCCCCCCCCCNc1nn[nH]n1. The molecule has 1 aromatic heterocycles. The summed E-state index contributed by atoms with van der Waals surface area (Å²) < 4.78 is 0. The fourth-order valence-electron chi connectivity index (χ4n) is 2.40. The molecule has 0 aliphatic heterocycles. The highest BCUT2D eigenvalue weighted by molar-refractivity contribution is 5.17. The lowest BCUT2D eigenvalue weighted by atomic mass is 10.1. The van der Waals surface area contributed by atoms with Crippen LogP contribution in [0, 0.1) is 0 Å². The molecule has 0 aromatic carbocycles. The van der Waals surface area contributed by atoms with Gasteiger partial charge in [0.2, 0.25) is 0 Å². The fourth-order valence-corrected chi connectivity index (χ4v) is 2.40. The van der Waals surface area contributed by atoms with E-state index in [1.54, 1.807) is 0 Å². The second kappa shape index (κ2) is 12.9. The maximum Gasteiger partial charge on any atom is 0.263 e. The summed E-state index contributed by atoms with van der Waals surface area (Å²) in [7, 11) is 0. The quantitative estimate of drug-likeness (QED) is 0.499. The van der Waals surface area contributed by atoms with Gasteiger partial charge in [0.15, 0.2) is 0 Å². The van der Waals surface area contributed by atoms with Crippen LogP contribution in [0.4, 0.5) is 5.95 Å². The van der Waals surface area contributed by atoms with Crippen LogP contribution < -0.4 is 5.32 Å². The van der Waals surface area contributed by atoms with Gasteiger partial charge in [-0.1, -0.05) is 82.7 Å². The third-order valence-corrected chi connectivity index (χ3v) is 3.66. The standard InChI is InChI=1S/C15H31N5/c1-2-3-4-5-6-7-8-9-10-11-12-13-14-16-15-17-19-20-18-15/h2-14H2,1H3,(H2,16,17,18,19,20). The van der Waals surface area contributed by atoms with Crippen molar-refractivity contribution in [3.63, 3.8) is 0 Å². The van der Waals surface area contributed by atoms with Gasteiger partial charge in [0.05, 0.1) is 0 Å². The first-order chi connectivity index (χ1) is 9.93. The Morgan fingerprint density at radius 2 is 1.35 bits per heavy atom. The van der Waals surface area contributed by atoms with E-state index in [9.17, 15) is 0 Å². The van der Waals surface area contributed by atoms with Gasteiger partial charge in [0, 0.05) is 6.54 Å². The predicted octanol–water partition coefficient (Wildman–Crippen LogP) is 4.31. The highest BCUT2D eigenvalue weighted by Gasteiger charge is 1.96.